The summed E-state index contributed by atoms with van der Waals surface area (Å²) in [6.07, 6.45) is 4.29. The number of nitrogen functional groups attached to an aromatic ring is 1. The van der Waals surface area contributed by atoms with Crippen molar-refractivity contribution in [3.63, 3.8) is 0 Å². The van der Waals surface area contributed by atoms with Crippen molar-refractivity contribution in [3.8, 4) is 0 Å². The summed E-state index contributed by atoms with van der Waals surface area (Å²) >= 11 is 0. The molecule has 2 aliphatic carbocycles. The van der Waals surface area contributed by atoms with Crippen LogP contribution in [0.3, 0.4) is 0 Å². The molecule has 2 aliphatic rings. The molecule has 2 fully saturated rings. The zero-order valence-corrected chi connectivity index (χ0v) is 11.1. The normalized spacial score (nSPS) is 17.8. The Kier molecular flexibility index (Phi) is 3.08. The molecule has 20 heavy (non-hydrogen) atoms. The Morgan fingerprint density at radius 3 is 2.60 bits per heavy atom. The van der Waals surface area contributed by atoms with Gasteiger partial charge in [-0.25, -0.2) is 0 Å². The molecule has 0 radical (unpaired) electrons. The molecule has 1 aromatic carbocycles. The van der Waals surface area contributed by atoms with Crippen LogP contribution >= 0.6 is 0 Å². The second-order valence-corrected chi connectivity index (χ2v) is 5.63. The minimum absolute atomic E-state index is 0.0445. The number of rotatable bonds is 5. The summed E-state index contributed by atoms with van der Waals surface area (Å²) in [5.41, 5.74) is 5.55. The summed E-state index contributed by atoms with van der Waals surface area (Å²) in [5, 5.41) is 11.1. The van der Waals surface area contributed by atoms with E-state index in [2.05, 4.69) is 0 Å². The van der Waals surface area contributed by atoms with E-state index in [9.17, 15) is 14.9 Å². The Labute approximate surface area is 116 Å². The number of nitrogens with two attached hydrogens (primary N) is 1. The average molecular weight is 275 g/mol. The van der Waals surface area contributed by atoms with Crippen molar-refractivity contribution < 1.29 is 9.72 Å². The molecule has 2 saturated carbocycles. The molecule has 1 amide bonds. The van der Waals surface area contributed by atoms with E-state index in [1.165, 1.54) is 12.1 Å². The van der Waals surface area contributed by atoms with Crippen molar-refractivity contribution in [2.45, 2.75) is 31.7 Å². The number of nitrogens with zero attached hydrogens (tertiary/aromatic N) is 2. The van der Waals surface area contributed by atoms with Gasteiger partial charge in [-0.15, -0.1) is 0 Å². The van der Waals surface area contributed by atoms with Crippen LogP contribution in [-0.2, 0) is 0 Å². The summed E-state index contributed by atoms with van der Waals surface area (Å²) in [4.78, 5) is 25.0. The van der Waals surface area contributed by atoms with Gasteiger partial charge in [0.1, 0.15) is 11.3 Å². The monoisotopic (exact) mass is 275 g/mol. The molecule has 0 aromatic heterocycles. The van der Waals surface area contributed by atoms with E-state index in [-0.39, 0.29) is 28.9 Å². The second-order valence-electron chi connectivity index (χ2n) is 5.63. The minimum atomic E-state index is -0.565. The Hall–Kier alpha value is -2.11. The number of carbonyl (C=O) groups excluding carboxylic acids is 1. The van der Waals surface area contributed by atoms with Crippen LogP contribution in [0.5, 0.6) is 0 Å². The number of nitro benzene ring substituents is 1. The quantitative estimate of drug-likeness (QED) is 0.506. The zero-order chi connectivity index (χ0) is 14.3. The number of anilines is 1. The minimum Gasteiger partial charge on any atom is -0.393 e. The van der Waals surface area contributed by atoms with E-state index in [4.69, 9.17) is 5.73 Å². The number of amides is 1. The summed E-state index contributed by atoms with van der Waals surface area (Å²) in [6.45, 7) is 0.718. The van der Waals surface area contributed by atoms with Gasteiger partial charge in [0.2, 0.25) is 0 Å². The number of nitro groups is 1. The van der Waals surface area contributed by atoms with E-state index < -0.39 is 4.92 Å². The Morgan fingerprint density at radius 1 is 1.35 bits per heavy atom. The van der Waals surface area contributed by atoms with Gasteiger partial charge in [0.15, 0.2) is 0 Å². The van der Waals surface area contributed by atoms with Gasteiger partial charge in [-0.2, -0.15) is 0 Å². The number of carbonyl (C=O) groups is 1. The molecule has 0 saturated heterocycles. The van der Waals surface area contributed by atoms with E-state index in [1.54, 1.807) is 11.0 Å². The van der Waals surface area contributed by atoms with Crippen molar-refractivity contribution in [2.24, 2.45) is 5.92 Å². The molecule has 6 heteroatoms. The number of hydrogen-bond donors (Lipinski definition) is 1. The number of hydrogen-bond acceptors (Lipinski definition) is 4. The van der Waals surface area contributed by atoms with Gasteiger partial charge in [-0.05, 0) is 43.7 Å². The molecule has 1 aromatic rings. The molecule has 106 valence electrons. The van der Waals surface area contributed by atoms with Crippen molar-refractivity contribution in [2.75, 3.05) is 12.3 Å². The summed E-state index contributed by atoms with van der Waals surface area (Å²) in [5.74, 6) is 0.318. The third-order valence-corrected chi connectivity index (χ3v) is 3.88. The smallest absolute Gasteiger partial charge is 0.304 e. The molecular weight excluding hydrogens is 258 g/mol. The lowest BCUT2D eigenvalue weighted by molar-refractivity contribution is -0.384. The van der Waals surface area contributed by atoms with Crippen LogP contribution in [-0.4, -0.2) is 28.3 Å². The highest BCUT2D eigenvalue weighted by Crippen LogP contribution is 2.37. The standard InChI is InChI=1S/C14H17N3O3/c15-12-3-1-2-11(13(12)17(19)20)14(18)16(10-6-7-10)8-9-4-5-9/h1-3,9-10H,4-8,15H2. The maximum Gasteiger partial charge on any atom is 0.304 e. The van der Waals surface area contributed by atoms with Crippen molar-refractivity contribution >= 4 is 17.3 Å². The van der Waals surface area contributed by atoms with Crippen LogP contribution in [0.15, 0.2) is 18.2 Å². The van der Waals surface area contributed by atoms with Gasteiger partial charge in [0.25, 0.3) is 5.91 Å². The van der Waals surface area contributed by atoms with E-state index >= 15 is 0 Å². The SMILES string of the molecule is Nc1cccc(C(=O)N(CC2CC2)C2CC2)c1[N+](=O)[O-]. The lowest BCUT2D eigenvalue weighted by Gasteiger charge is -2.22. The third-order valence-electron chi connectivity index (χ3n) is 3.88. The highest BCUT2D eigenvalue weighted by Gasteiger charge is 2.38. The van der Waals surface area contributed by atoms with Crippen LogP contribution < -0.4 is 5.73 Å². The van der Waals surface area contributed by atoms with Gasteiger partial charge in [0.05, 0.1) is 4.92 Å². The fourth-order valence-electron chi connectivity index (χ4n) is 2.46. The van der Waals surface area contributed by atoms with Crippen LogP contribution in [0.1, 0.15) is 36.0 Å². The Bertz CT molecular complexity index is 565. The van der Waals surface area contributed by atoms with Crippen LogP contribution in [0.25, 0.3) is 0 Å². The highest BCUT2D eigenvalue weighted by molar-refractivity contribution is 6.00. The maximum atomic E-state index is 12.6. The van der Waals surface area contributed by atoms with E-state index in [0.717, 1.165) is 32.2 Å². The molecule has 0 aliphatic heterocycles. The summed E-state index contributed by atoms with van der Waals surface area (Å²) < 4.78 is 0. The molecule has 0 spiro atoms. The van der Waals surface area contributed by atoms with Crippen molar-refractivity contribution in [3.05, 3.63) is 33.9 Å². The maximum absolute atomic E-state index is 12.6. The van der Waals surface area contributed by atoms with Gasteiger partial charge >= 0.3 is 5.69 Å². The zero-order valence-electron chi connectivity index (χ0n) is 11.1. The lowest BCUT2D eigenvalue weighted by Crippen LogP contribution is -2.35. The predicted molar refractivity (Wildman–Crippen MR) is 74.3 cm³/mol. The second kappa shape index (κ2) is 4.77. The van der Waals surface area contributed by atoms with Crippen LogP contribution in [0.2, 0.25) is 0 Å². The first-order valence-electron chi connectivity index (χ1n) is 6.91. The van der Waals surface area contributed by atoms with Crippen LogP contribution in [0.4, 0.5) is 11.4 Å². The average Bonchev–Trinajstić information content (AvgIpc) is 3.26. The molecule has 0 unspecified atom stereocenters. The molecule has 0 heterocycles. The van der Waals surface area contributed by atoms with Gasteiger partial charge in [0, 0.05) is 12.6 Å². The summed E-state index contributed by atoms with van der Waals surface area (Å²) in [6, 6.07) is 4.80. The number of benzene rings is 1. The van der Waals surface area contributed by atoms with Crippen molar-refractivity contribution in [1.29, 1.82) is 0 Å². The molecule has 6 nitrogen and oxygen atoms in total. The molecule has 3 rings (SSSR count). The molecule has 0 bridgehead atoms. The first kappa shape index (κ1) is 12.9. The first-order valence-corrected chi connectivity index (χ1v) is 6.91. The van der Waals surface area contributed by atoms with Crippen molar-refractivity contribution in [1.82, 2.24) is 4.90 Å². The van der Waals surface area contributed by atoms with Crippen LogP contribution in [0, 0.1) is 16.0 Å². The number of para-hydroxylation sites is 1. The van der Waals surface area contributed by atoms with Gasteiger partial charge < -0.3 is 10.6 Å². The van der Waals surface area contributed by atoms with Gasteiger partial charge in [-0.3, -0.25) is 14.9 Å². The third kappa shape index (κ3) is 2.45. The predicted octanol–water partition coefficient (Wildman–Crippen LogP) is 2.19. The summed E-state index contributed by atoms with van der Waals surface area (Å²) in [7, 11) is 0. The largest absolute Gasteiger partial charge is 0.393 e. The first-order chi connectivity index (χ1) is 9.58. The topological polar surface area (TPSA) is 89.5 Å². The highest BCUT2D eigenvalue weighted by atomic mass is 16.6. The van der Waals surface area contributed by atoms with Gasteiger partial charge in [-0.1, -0.05) is 6.07 Å². The van der Waals surface area contributed by atoms with E-state index in [1.807, 2.05) is 0 Å². The lowest BCUT2D eigenvalue weighted by atomic mass is 10.1. The Balaban J connectivity index is 1.91. The molecule has 2 N–H and O–H groups in total. The molecule has 0 atom stereocenters. The fraction of sp³-hybridized carbons (Fsp3) is 0.500. The fourth-order valence-corrected chi connectivity index (χ4v) is 2.46. The molecular formula is C14H17N3O3. The Morgan fingerprint density at radius 2 is 2.05 bits per heavy atom. The van der Waals surface area contributed by atoms with E-state index in [0.29, 0.717) is 5.92 Å².